The summed E-state index contributed by atoms with van der Waals surface area (Å²) in [4.78, 5) is 23.4. The molecule has 2 heterocycles. The van der Waals surface area contributed by atoms with Crippen molar-refractivity contribution in [1.82, 2.24) is 31.0 Å². The summed E-state index contributed by atoms with van der Waals surface area (Å²) in [6, 6.07) is 25.4. The topological polar surface area (TPSA) is 161 Å². The fraction of sp³-hybridized carbons (Fsp3) is 0.382. The highest BCUT2D eigenvalue weighted by Gasteiger charge is 2.32. The first kappa shape index (κ1) is 34.2. The highest BCUT2D eigenvalue weighted by atomic mass is 32.2. The maximum Gasteiger partial charge on any atom is 0.243 e. The highest BCUT2D eigenvalue weighted by molar-refractivity contribution is 7.99. The predicted molar refractivity (Wildman–Crippen MR) is 174 cm³/mol. The number of tetrazole rings is 1. The molecule has 1 aliphatic heterocycles. The minimum absolute atomic E-state index is 0.0187. The second-order valence-corrected chi connectivity index (χ2v) is 12.3. The summed E-state index contributed by atoms with van der Waals surface area (Å²) in [6.07, 6.45) is 3.45. The number of amides is 2. The summed E-state index contributed by atoms with van der Waals surface area (Å²) in [6.45, 7) is 0.393. The third kappa shape index (κ3) is 10.2. The molecule has 248 valence electrons. The molecule has 1 aromatic heterocycles. The number of thioether (sulfide) groups is 1. The van der Waals surface area contributed by atoms with Crippen molar-refractivity contribution >= 4 is 23.6 Å². The van der Waals surface area contributed by atoms with E-state index >= 15 is 0 Å². The summed E-state index contributed by atoms with van der Waals surface area (Å²) < 4.78 is 14.7. The van der Waals surface area contributed by atoms with Gasteiger partial charge in [0.2, 0.25) is 17.0 Å². The number of hydrogen-bond donors (Lipinski definition) is 4. The third-order valence-electron chi connectivity index (χ3n) is 7.88. The van der Waals surface area contributed by atoms with Crippen LogP contribution in [0, 0.1) is 0 Å². The lowest BCUT2D eigenvalue weighted by Gasteiger charge is -2.36. The minimum atomic E-state index is -0.603. The smallest absolute Gasteiger partial charge is 0.243 e. The van der Waals surface area contributed by atoms with E-state index in [1.165, 1.54) is 11.8 Å². The molecular formula is C34H40N6O6S. The predicted octanol–water partition coefficient (Wildman–Crippen LogP) is 4.95. The molecule has 4 N–H and O–H groups in total. The van der Waals surface area contributed by atoms with Crippen LogP contribution in [0.5, 0.6) is 0 Å². The molecule has 3 aromatic carbocycles. The molecule has 3 atom stereocenters. The Morgan fingerprint density at radius 1 is 0.851 bits per heavy atom. The van der Waals surface area contributed by atoms with Gasteiger partial charge in [-0.3, -0.25) is 14.8 Å². The van der Waals surface area contributed by atoms with Crippen molar-refractivity contribution in [2.45, 2.75) is 81.8 Å². The first-order valence-corrected chi connectivity index (χ1v) is 16.8. The van der Waals surface area contributed by atoms with E-state index in [9.17, 15) is 14.7 Å². The lowest BCUT2D eigenvalue weighted by Crippen LogP contribution is -2.31. The number of unbranched alkanes of at least 4 members (excludes halogenated alkanes) is 3. The number of carbonyl (C=O) groups excluding carboxylic acids is 2. The Kier molecular flexibility index (Phi) is 12.9. The number of ether oxygens (including phenoxy) is 2. The van der Waals surface area contributed by atoms with E-state index in [2.05, 4.69) is 20.8 Å². The number of hydrogen-bond acceptors (Lipinski definition) is 10. The fourth-order valence-electron chi connectivity index (χ4n) is 5.25. The molecule has 5 rings (SSSR count). The van der Waals surface area contributed by atoms with Gasteiger partial charge in [-0.1, -0.05) is 91.3 Å². The van der Waals surface area contributed by atoms with Crippen LogP contribution in [0.1, 0.15) is 79.6 Å². The summed E-state index contributed by atoms with van der Waals surface area (Å²) in [5.74, 6) is 0.205. The molecule has 0 spiro atoms. The van der Waals surface area contributed by atoms with Gasteiger partial charge in [-0.25, -0.2) is 5.48 Å². The zero-order chi connectivity index (χ0) is 32.8. The molecule has 0 bridgehead atoms. The van der Waals surface area contributed by atoms with Crippen molar-refractivity contribution in [2.24, 2.45) is 0 Å². The second kappa shape index (κ2) is 17.7. The van der Waals surface area contributed by atoms with E-state index in [0.717, 1.165) is 47.2 Å². The van der Waals surface area contributed by atoms with Crippen molar-refractivity contribution < 1.29 is 29.4 Å². The Bertz CT molecular complexity index is 1550. The van der Waals surface area contributed by atoms with Gasteiger partial charge in [0.1, 0.15) is 0 Å². The summed E-state index contributed by atoms with van der Waals surface area (Å²) in [7, 11) is 0. The van der Waals surface area contributed by atoms with Crippen LogP contribution in [-0.4, -0.2) is 54.2 Å². The number of rotatable bonds is 16. The number of carbonyl (C=O) groups is 2. The normalized spacial score (nSPS) is 17.7. The number of benzene rings is 3. The molecule has 2 amide bonds. The van der Waals surface area contributed by atoms with Gasteiger partial charge in [0, 0.05) is 37.1 Å². The number of aliphatic hydroxyl groups is 1. The van der Waals surface area contributed by atoms with Gasteiger partial charge in [-0.05, 0) is 52.1 Å². The Balaban J connectivity index is 1.17. The maximum atomic E-state index is 12.3. The molecular weight excluding hydrogens is 620 g/mol. The van der Waals surface area contributed by atoms with E-state index in [1.807, 2.05) is 78.9 Å². The van der Waals surface area contributed by atoms with E-state index in [1.54, 1.807) is 10.2 Å². The molecule has 1 fully saturated rings. The van der Waals surface area contributed by atoms with Gasteiger partial charge < -0.3 is 19.9 Å². The first-order chi connectivity index (χ1) is 23.0. The van der Waals surface area contributed by atoms with Crippen molar-refractivity contribution in [1.29, 1.82) is 0 Å². The van der Waals surface area contributed by atoms with Crippen LogP contribution in [0.25, 0.3) is 5.69 Å². The van der Waals surface area contributed by atoms with E-state index in [4.69, 9.17) is 14.7 Å². The molecule has 47 heavy (non-hydrogen) atoms. The molecule has 0 unspecified atom stereocenters. The number of aromatic nitrogens is 4. The van der Waals surface area contributed by atoms with Crippen LogP contribution >= 0.6 is 11.8 Å². The summed E-state index contributed by atoms with van der Waals surface area (Å²) in [5, 5.41) is 34.0. The van der Waals surface area contributed by atoms with Crippen molar-refractivity contribution in [3.05, 3.63) is 101 Å². The first-order valence-electron chi connectivity index (χ1n) is 15.8. The molecule has 0 radical (unpaired) electrons. The fourth-order valence-corrected chi connectivity index (χ4v) is 6.16. The quantitative estimate of drug-likeness (QED) is 0.0560. The zero-order valence-corrected chi connectivity index (χ0v) is 26.8. The second-order valence-electron chi connectivity index (χ2n) is 11.3. The Morgan fingerprint density at radius 2 is 1.53 bits per heavy atom. The lowest BCUT2D eigenvalue weighted by atomic mass is 10.0. The summed E-state index contributed by atoms with van der Waals surface area (Å²) in [5.41, 5.74) is 6.19. The van der Waals surface area contributed by atoms with Crippen molar-refractivity contribution in [3.8, 4) is 5.69 Å². The van der Waals surface area contributed by atoms with E-state index < -0.39 is 6.29 Å². The molecule has 13 heteroatoms. The van der Waals surface area contributed by atoms with Crippen LogP contribution in [0.2, 0.25) is 0 Å². The minimum Gasteiger partial charge on any atom is -0.392 e. The van der Waals surface area contributed by atoms with Gasteiger partial charge in [0.25, 0.3) is 0 Å². The summed E-state index contributed by atoms with van der Waals surface area (Å²) >= 11 is 1.53. The zero-order valence-electron chi connectivity index (χ0n) is 26.0. The van der Waals surface area contributed by atoms with Gasteiger partial charge in [-0.2, -0.15) is 4.68 Å². The number of para-hydroxylation sites is 1. The number of nitrogens with one attached hydrogen (secondary N) is 2. The number of aliphatic hydroxyl groups excluding tert-OH is 1. The van der Waals surface area contributed by atoms with E-state index in [0.29, 0.717) is 36.7 Å². The Labute approximate surface area is 277 Å². The molecule has 1 saturated heterocycles. The van der Waals surface area contributed by atoms with Crippen molar-refractivity contribution in [2.75, 3.05) is 5.75 Å². The van der Waals surface area contributed by atoms with Crippen molar-refractivity contribution in [3.63, 3.8) is 0 Å². The van der Waals surface area contributed by atoms with Gasteiger partial charge in [-0.15, -0.1) is 5.10 Å². The van der Waals surface area contributed by atoms with Crippen LogP contribution in [0.15, 0.2) is 84.0 Å². The monoisotopic (exact) mass is 660 g/mol. The standard InChI is InChI=1S/C34H40N6O6S/c41-22-25-14-16-26(17-15-25)30-20-29(23-47-34-36-38-39-40(34)28-8-4-3-5-9-28)45-33(46-30)27-18-12-24(13-19-27)21-35-31(42)10-6-1-2-7-11-32(43)37-44/h3-5,8-9,12-19,29-30,33,41,44H,1-2,6-7,10-11,20-23H2,(H,35,42)(H,37,43)/t29-,30+,33+/m1/s1. The van der Waals surface area contributed by atoms with Crippen LogP contribution in [0.3, 0.4) is 0 Å². The molecule has 12 nitrogen and oxygen atoms in total. The third-order valence-corrected chi connectivity index (χ3v) is 8.93. The van der Waals surface area contributed by atoms with Crippen LogP contribution in [-0.2, 0) is 32.2 Å². The van der Waals surface area contributed by atoms with Gasteiger partial charge >= 0.3 is 0 Å². The van der Waals surface area contributed by atoms with Gasteiger partial charge in [0.15, 0.2) is 6.29 Å². The SMILES string of the molecule is O=C(CCCCCCC(=O)NCc1ccc([C@H]2O[C@@H](CSc3nnnn3-c3ccccc3)C[C@@H](c3ccc(CO)cc3)O2)cc1)NO. The molecule has 0 aliphatic carbocycles. The largest absolute Gasteiger partial charge is 0.392 e. The average molecular weight is 661 g/mol. The highest BCUT2D eigenvalue weighted by Crippen LogP contribution is 2.39. The maximum absolute atomic E-state index is 12.3. The Morgan fingerprint density at radius 3 is 2.23 bits per heavy atom. The van der Waals surface area contributed by atoms with Gasteiger partial charge in [0.05, 0.1) is 24.5 Å². The molecule has 0 saturated carbocycles. The Hall–Kier alpha value is -4.14. The lowest BCUT2D eigenvalue weighted by molar-refractivity contribution is -0.245. The molecule has 4 aromatic rings. The number of hydroxylamine groups is 1. The molecule has 1 aliphatic rings. The number of nitrogens with zero attached hydrogens (tertiary/aromatic N) is 4. The average Bonchev–Trinajstić information content (AvgIpc) is 3.60. The van der Waals surface area contributed by atoms with Crippen LogP contribution in [0.4, 0.5) is 0 Å². The van der Waals surface area contributed by atoms with Crippen LogP contribution < -0.4 is 10.8 Å². The van der Waals surface area contributed by atoms with E-state index in [-0.39, 0.29) is 37.0 Å².